The van der Waals surface area contributed by atoms with Crippen molar-refractivity contribution in [3.63, 3.8) is 0 Å². The molecule has 0 aliphatic heterocycles. The zero-order valence-corrected chi connectivity index (χ0v) is 24.8. The third-order valence-electron chi connectivity index (χ3n) is 7.25. The maximum absolute atomic E-state index is 8.99. The first-order valence-corrected chi connectivity index (χ1v) is 14.7. The second kappa shape index (κ2) is 12.9. The van der Waals surface area contributed by atoms with Crippen molar-refractivity contribution in [1.82, 2.24) is 8.75 Å². The summed E-state index contributed by atoms with van der Waals surface area (Å²) in [7, 11) is 3.34. The molecule has 1 aromatic heterocycles. The average Bonchev–Trinajstić information content (AvgIpc) is 3.56. The van der Waals surface area contributed by atoms with E-state index in [-0.39, 0.29) is 6.61 Å². The van der Waals surface area contributed by atoms with E-state index in [4.69, 9.17) is 19.3 Å². The molecule has 8 heteroatoms. The number of hydrogen-bond acceptors (Lipinski definition) is 8. The topological polar surface area (TPSA) is 76.9 Å². The van der Waals surface area contributed by atoms with Gasteiger partial charge in [0.15, 0.2) is 0 Å². The molecule has 0 saturated carbocycles. The minimum Gasteiger partial charge on any atom is -0.497 e. The van der Waals surface area contributed by atoms with Gasteiger partial charge in [-0.1, -0.05) is 36.4 Å². The first-order chi connectivity index (χ1) is 21.2. The van der Waals surface area contributed by atoms with E-state index in [9.17, 15) is 0 Å². The Balaban J connectivity index is 1.32. The summed E-state index contributed by atoms with van der Waals surface area (Å²) in [4.78, 5) is 2.20. The lowest BCUT2D eigenvalue weighted by atomic mass is 9.97. The standard InChI is InChI=1S/C35H31N3O4S/c1-40-29-16-10-27(11-17-29)38(28-12-18-30(41-2)19-13-28)26-8-4-24(5-9-26)32-20-21-33(35-34(32)36-43-37-35)25-6-14-31(15-7-25)42-23-3-22-39/h4-21,39H,3,22-23H2,1-2H3. The molecule has 7 nitrogen and oxygen atoms in total. The number of hydrogen-bond donors (Lipinski definition) is 1. The summed E-state index contributed by atoms with van der Waals surface area (Å²) in [5, 5.41) is 8.99. The van der Waals surface area contributed by atoms with Crippen LogP contribution in [0, 0.1) is 0 Å². The van der Waals surface area contributed by atoms with E-state index >= 15 is 0 Å². The van der Waals surface area contributed by atoms with E-state index in [1.807, 2.05) is 72.8 Å². The molecule has 0 aliphatic rings. The van der Waals surface area contributed by atoms with Crippen molar-refractivity contribution < 1.29 is 19.3 Å². The van der Waals surface area contributed by atoms with Crippen LogP contribution in [0.15, 0.2) is 109 Å². The minimum atomic E-state index is 0.117. The van der Waals surface area contributed by atoms with Crippen LogP contribution in [0.5, 0.6) is 17.2 Å². The Bertz CT molecular complexity index is 1740. The van der Waals surface area contributed by atoms with Gasteiger partial charge in [-0.15, -0.1) is 0 Å². The van der Waals surface area contributed by atoms with Gasteiger partial charge in [-0.3, -0.25) is 0 Å². The fourth-order valence-corrected chi connectivity index (χ4v) is 5.59. The molecular formula is C35H31N3O4S. The number of ether oxygens (including phenoxy) is 3. The molecule has 0 aliphatic carbocycles. The van der Waals surface area contributed by atoms with Gasteiger partial charge in [-0.2, -0.15) is 8.75 Å². The number of fused-ring (bicyclic) bond motifs is 1. The van der Waals surface area contributed by atoms with Crippen molar-refractivity contribution in [1.29, 1.82) is 0 Å². The van der Waals surface area contributed by atoms with Crippen molar-refractivity contribution in [3.05, 3.63) is 109 Å². The van der Waals surface area contributed by atoms with Crippen molar-refractivity contribution in [2.45, 2.75) is 6.42 Å². The first kappa shape index (κ1) is 28.2. The average molecular weight is 590 g/mol. The number of aliphatic hydroxyl groups is 1. The number of nitrogens with zero attached hydrogens (tertiary/aromatic N) is 3. The van der Waals surface area contributed by atoms with Crippen LogP contribution >= 0.6 is 11.7 Å². The Morgan fingerprint density at radius 2 is 1.00 bits per heavy atom. The summed E-state index contributed by atoms with van der Waals surface area (Å²) in [6, 6.07) is 36.7. The number of methoxy groups -OCH3 is 2. The van der Waals surface area contributed by atoms with E-state index < -0.39 is 0 Å². The summed E-state index contributed by atoms with van der Waals surface area (Å²) in [5.74, 6) is 2.39. The van der Waals surface area contributed by atoms with Gasteiger partial charge in [0.2, 0.25) is 0 Å². The van der Waals surface area contributed by atoms with Crippen LogP contribution in [-0.4, -0.2) is 41.3 Å². The molecule has 0 fully saturated rings. The van der Waals surface area contributed by atoms with E-state index in [1.165, 1.54) is 11.7 Å². The molecule has 216 valence electrons. The predicted molar refractivity (Wildman–Crippen MR) is 173 cm³/mol. The summed E-state index contributed by atoms with van der Waals surface area (Å²) in [6.45, 7) is 0.604. The number of aliphatic hydroxyl groups excluding tert-OH is 1. The third-order valence-corrected chi connectivity index (χ3v) is 7.78. The Hall–Kier alpha value is -4.92. The number of anilines is 3. The predicted octanol–water partition coefficient (Wildman–Crippen LogP) is 8.27. The summed E-state index contributed by atoms with van der Waals surface area (Å²) in [6.07, 6.45) is 0.607. The quantitative estimate of drug-likeness (QED) is 0.152. The Morgan fingerprint density at radius 3 is 1.44 bits per heavy atom. The van der Waals surface area contributed by atoms with Crippen LogP contribution in [0.3, 0.4) is 0 Å². The molecule has 1 heterocycles. The lowest BCUT2D eigenvalue weighted by molar-refractivity contribution is 0.233. The molecule has 1 N–H and O–H groups in total. The third kappa shape index (κ3) is 6.02. The molecule has 0 bridgehead atoms. The zero-order valence-electron chi connectivity index (χ0n) is 23.9. The molecule has 0 radical (unpaired) electrons. The van der Waals surface area contributed by atoms with Gasteiger partial charge < -0.3 is 24.2 Å². The van der Waals surface area contributed by atoms with Gasteiger partial charge >= 0.3 is 0 Å². The summed E-state index contributed by atoms with van der Waals surface area (Å²) >= 11 is 1.22. The van der Waals surface area contributed by atoms with E-state index in [1.54, 1.807) is 14.2 Å². The van der Waals surface area contributed by atoms with Crippen LogP contribution in [0.25, 0.3) is 33.3 Å². The molecule has 0 unspecified atom stereocenters. The van der Waals surface area contributed by atoms with Gasteiger partial charge in [-0.25, -0.2) is 0 Å². The van der Waals surface area contributed by atoms with Gasteiger partial charge in [0.25, 0.3) is 0 Å². The monoisotopic (exact) mass is 589 g/mol. The highest BCUT2D eigenvalue weighted by molar-refractivity contribution is 7.00. The van der Waals surface area contributed by atoms with E-state index in [0.717, 1.165) is 67.6 Å². The molecule has 0 spiro atoms. The molecule has 6 rings (SSSR count). The normalized spacial score (nSPS) is 11.0. The SMILES string of the molecule is COc1ccc(N(c2ccc(OC)cc2)c2ccc(-c3ccc(-c4ccc(OCCCO)cc4)c4nsnc34)cc2)cc1. The van der Waals surface area contributed by atoms with Crippen molar-refractivity contribution in [2.75, 3.05) is 32.3 Å². The van der Waals surface area contributed by atoms with Gasteiger partial charge in [0.05, 0.1) is 32.6 Å². The van der Waals surface area contributed by atoms with Crippen LogP contribution < -0.4 is 19.1 Å². The lowest BCUT2D eigenvalue weighted by Gasteiger charge is -2.26. The highest BCUT2D eigenvalue weighted by Crippen LogP contribution is 2.39. The molecule has 0 amide bonds. The number of rotatable bonds is 11. The maximum atomic E-state index is 8.99. The minimum absolute atomic E-state index is 0.117. The summed E-state index contributed by atoms with van der Waals surface area (Å²) < 4.78 is 25.8. The van der Waals surface area contributed by atoms with Crippen LogP contribution in [0.1, 0.15) is 6.42 Å². The Kier molecular flexibility index (Phi) is 8.49. The fraction of sp³-hybridized carbons (Fsp3) is 0.143. The number of benzene rings is 5. The second-order valence-corrected chi connectivity index (χ2v) is 10.4. The van der Waals surface area contributed by atoms with Gasteiger partial charge in [-0.05, 0) is 83.9 Å². The van der Waals surface area contributed by atoms with E-state index in [2.05, 4.69) is 50.0 Å². The van der Waals surface area contributed by atoms with Crippen molar-refractivity contribution >= 4 is 39.8 Å². The first-order valence-electron chi connectivity index (χ1n) is 14.0. The zero-order chi connectivity index (χ0) is 29.6. The Labute approximate surface area is 254 Å². The lowest BCUT2D eigenvalue weighted by Crippen LogP contribution is -2.09. The highest BCUT2D eigenvalue weighted by atomic mass is 32.1. The molecular weight excluding hydrogens is 558 g/mol. The fourth-order valence-electron chi connectivity index (χ4n) is 5.02. The van der Waals surface area contributed by atoms with Crippen molar-refractivity contribution in [3.8, 4) is 39.5 Å². The summed E-state index contributed by atoms with van der Waals surface area (Å²) in [5.41, 5.74) is 8.95. The Morgan fingerprint density at radius 1 is 0.581 bits per heavy atom. The largest absolute Gasteiger partial charge is 0.497 e. The molecule has 5 aromatic carbocycles. The van der Waals surface area contributed by atoms with Crippen molar-refractivity contribution in [2.24, 2.45) is 0 Å². The van der Waals surface area contributed by atoms with Gasteiger partial charge in [0, 0.05) is 41.2 Å². The molecule has 6 aromatic rings. The molecule has 0 atom stereocenters. The second-order valence-electron chi connectivity index (χ2n) is 9.85. The number of aromatic nitrogens is 2. The maximum Gasteiger partial charge on any atom is 0.119 e. The van der Waals surface area contributed by atoms with Crippen LogP contribution in [0.4, 0.5) is 17.1 Å². The van der Waals surface area contributed by atoms with Crippen LogP contribution in [0.2, 0.25) is 0 Å². The molecule has 43 heavy (non-hydrogen) atoms. The highest BCUT2D eigenvalue weighted by Gasteiger charge is 2.16. The van der Waals surface area contributed by atoms with Gasteiger partial charge in [0.1, 0.15) is 28.3 Å². The van der Waals surface area contributed by atoms with Crippen LogP contribution in [-0.2, 0) is 0 Å². The van der Waals surface area contributed by atoms with E-state index in [0.29, 0.717) is 13.0 Å². The smallest absolute Gasteiger partial charge is 0.119 e. The molecule has 0 saturated heterocycles.